The highest BCUT2D eigenvalue weighted by molar-refractivity contribution is 5.76. The van der Waals surface area contributed by atoms with Crippen LogP contribution in [0.1, 0.15) is 45.1 Å². The number of carbonyl (C=O) groups excluding carboxylic acids is 1. The van der Waals surface area contributed by atoms with Crippen LogP contribution in [-0.4, -0.2) is 26.3 Å². The molecule has 1 aromatic rings. The Morgan fingerprint density at radius 3 is 2.40 bits per heavy atom. The molecule has 1 aromatic carbocycles. The van der Waals surface area contributed by atoms with Gasteiger partial charge >= 0.3 is 5.97 Å². The summed E-state index contributed by atoms with van der Waals surface area (Å²) in [5.74, 6) is 0.227. The smallest absolute Gasteiger partial charge is 0.311 e. The van der Waals surface area contributed by atoms with Crippen molar-refractivity contribution >= 4 is 5.97 Å². The summed E-state index contributed by atoms with van der Waals surface area (Å²) in [6.45, 7) is 6.82. The van der Waals surface area contributed by atoms with Crippen LogP contribution in [-0.2, 0) is 14.3 Å². The zero-order valence-corrected chi connectivity index (χ0v) is 13.0. The van der Waals surface area contributed by atoms with Gasteiger partial charge in [0.15, 0.2) is 0 Å². The molecular formula is C17H26O3. The van der Waals surface area contributed by atoms with Crippen molar-refractivity contribution in [3.63, 3.8) is 0 Å². The standard InChI is InChI=1S/C17H26O3/c1-5-14(15-9-7-6-8-10-15)13-17(2,3)16(18)20-12-11-19-4/h6-10,14H,5,11-13H2,1-4H3. The first-order valence-electron chi connectivity index (χ1n) is 7.22. The summed E-state index contributed by atoms with van der Waals surface area (Å²) in [6.07, 6.45) is 1.80. The Labute approximate surface area is 122 Å². The summed E-state index contributed by atoms with van der Waals surface area (Å²) < 4.78 is 10.2. The molecule has 0 saturated heterocycles. The molecule has 0 heterocycles. The van der Waals surface area contributed by atoms with Crippen molar-refractivity contribution in [1.29, 1.82) is 0 Å². The van der Waals surface area contributed by atoms with Gasteiger partial charge < -0.3 is 9.47 Å². The van der Waals surface area contributed by atoms with Gasteiger partial charge in [-0.3, -0.25) is 4.79 Å². The fourth-order valence-electron chi connectivity index (χ4n) is 2.34. The second-order valence-electron chi connectivity index (χ2n) is 5.73. The average molecular weight is 278 g/mol. The first-order valence-corrected chi connectivity index (χ1v) is 7.22. The van der Waals surface area contributed by atoms with E-state index in [1.165, 1.54) is 5.56 Å². The lowest BCUT2D eigenvalue weighted by Gasteiger charge is -2.27. The highest BCUT2D eigenvalue weighted by atomic mass is 16.6. The van der Waals surface area contributed by atoms with Crippen LogP contribution in [0.5, 0.6) is 0 Å². The second-order valence-corrected chi connectivity index (χ2v) is 5.73. The summed E-state index contributed by atoms with van der Waals surface area (Å²) in [5, 5.41) is 0. The number of hydrogen-bond donors (Lipinski definition) is 0. The normalized spacial score (nSPS) is 13.0. The molecule has 0 aliphatic heterocycles. The first kappa shape index (κ1) is 16.7. The molecule has 0 fully saturated rings. The van der Waals surface area contributed by atoms with E-state index in [0.29, 0.717) is 19.1 Å². The molecule has 1 atom stereocenters. The minimum Gasteiger partial charge on any atom is -0.463 e. The molecule has 0 radical (unpaired) electrons. The molecule has 0 bridgehead atoms. The summed E-state index contributed by atoms with van der Waals surface area (Å²) >= 11 is 0. The van der Waals surface area contributed by atoms with Gasteiger partial charge in [0.1, 0.15) is 6.61 Å². The van der Waals surface area contributed by atoms with Crippen LogP contribution in [0.3, 0.4) is 0 Å². The van der Waals surface area contributed by atoms with E-state index in [1.807, 2.05) is 32.0 Å². The predicted molar refractivity (Wildman–Crippen MR) is 80.7 cm³/mol. The van der Waals surface area contributed by atoms with Gasteiger partial charge in [-0.1, -0.05) is 37.3 Å². The molecule has 0 saturated carbocycles. The Bertz CT molecular complexity index is 398. The molecule has 0 N–H and O–H groups in total. The van der Waals surface area contributed by atoms with E-state index >= 15 is 0 Å². The topological polar surface area (TPSA) is 35.5 Å². The Morgan fingerprint density at radius 2 is 1.85 bits per heavy atom. The number of methoxy groups -OCH3 is 1. The van der Waals surface area contributed by atoms with Gasteiger partial charge in [-0.05, 0) is 38.2 Å². The summed E-state index contributed by atoms with van der Waals surface area (Å²) in [5.41, 5.74) is 0.803. The van der Waals surface area contributed by atoms with Crippen LogP contribution in [0, 0.1) is 5.41 Å². The minimum absolute atomic E-state index is 0.149. The first-order chi connectivity index (χ1) is 9.51. The maximum Gasteiger partial charge on any atom is 0.311 e. The third-order valence-electron chi connectivity index (χ3n) is 3.59. The SMILES string of the molecule is CCC(CC(C)(C)C(=O)OCCOC)c1ccccc1. The largest absolute Gasteiger partial charge is 0.463 e. The van der Waals surface area contributed by atoms with E-state index in [-0.39, 0.29) is 5.97 Å². The van der Waals surface area contributed by atoms with Gasteiger partial charge in [0.2, 0.25) is 0 Å². The summed E-state index contributed by atoms with van der Waals surface area (Å²) in [6, 6.07) is 10.4. The van der Waals surface area contributed by atoms with Crippen molar-refractivity contribution in [1.82, 2.24) is 0 Å². The summed E-state index contributed by atoms with van der Waals surface area (Å²) in [7, 11) is 1.60. The monoisotopic (exact) mass is 278 g/mol. The van der Waals surface area contributed by atoms with Crippen LogP contribution < -0.4 is 0 Å². The molecule has 20 heavy (non-hydrogen) atoms. The number of ether oxygens (including phenoxy) is 2. The van der Waals surface area contributed by atoms with Gasteiger partial charge in [0.05, 0.1) is 12.0 Å². The van der Waals surface area contributed by atoms with Crippen molar-refractivity contribution < 1.29 is 14.3 Å². The predicted octanol–water partition coefficient (Wildman–Crippen LogP) is 3.79. The summed E-state index contributed by atoms with van der Waals surface area (Å²) in [4.78, 5) is 12.1. The number of hydrogen-bond acceptors (Lipinski definition) is 3. The molecule has 0 aromatic heterocycles. The Hall–Kier alpha value is -1.35. The molecule has 0 spiro atoms. The molecular weight excluding hydrogens is 252 g/mol. The van der Waals surface area contributed by atoms with Gasteiger partial charge in [0, 0.05) is 7.11 Å². The molecule has 3 nitrogen and oxygen atoms in total. The lowest BCUT2D eigenvalue weighted by molar-refractivity contribution is -0.155. The Kier molecular flexibility index (Phi) is 6.73. The van der Waals surface area contributed by atoms with Gasteiger partial charge in [-0.2, -0.15) is 0 Å². The number of carbonyl (C=O) groups is 1. The molecule has 1 rings (SSSR count). The lowest BCUT2D eigenvalue weighted by Crippen LogP contribution is -2.29. The van der Waals surface area contributed by atoms with Crippen molar-refractivity contribution in [2.75, 3.05) is 20.3 Å². The van der Waals surface area contributed by atoms with E-state index in [4.69, 9.17) is 9.47 Å². The van der Waals surface area contributed by atoms with E-state index in [9.17, 15) is 4.79 Å². The Balaban J connectivity index is 2.65. The van der Waals surface area contributed by atoms with Crippen LogP contribution in [0.15, 0.2) is 30.3 Å². The van der Waals surface area contributed by atoms with Crippen LogP contribution >= 0.6 is 0 Å². The van der Waals surface area contributed by atoms with Crippen molar-refractivity contribution in [2.45, 2.75) is 39.5 Å². The number of esters is 1. The molecule has 0 aliphatic carbocycles. The second kappa shape index (κ2) is 8.05. The third-order valence-corrected chi connectivity index (χ3v) is 3.59. The quantitative estimate of drug-likeness (QED) is 0.536. The fourth-order valence-corrected chi connectivity index (χ4v) is 2.34. The van der Waals surface area contributed by atoms with E-state index in [2.05, 4.69) is 19.1 Å². The maximum atomic E-state index is 12.1. The van der Waals surface area contributed by atoms with Crippen molar-refractivity contribution in [3.8, 4) is 0 Å². The highest BCUT2D eigenvalue weighted by Gasteiger charge is 2.32. The average Bonchev–Trinajstić information content (AvgIpc) is 2.45. The fraction of sp³-hybridized carbons (Fsp3) is 0.588. The zero-order valence-electron chi connectivity index (χ0n) is 13.0. The molecule has 0 amide bonds. The maximum absolute atomic E-state index is 12.1. The number of rotatable bonds is 8. The molecule has 112 valence electrons. The van der Waals surface area contributed by atoms with Crippen LogP contribution in [0.4, 0.5) is 0 Å². The van der Waals surface area contributed by atoms with E-state index < -0.39 is 5.41 Å². The lowest BCUT2D eigenvalue weighted by atomic mass is 9.79. The minimum atomic E-state index is -0.482. The van der Waals surface area contributed by atoms with Crippen LogP contribution in [0.25, 0.3) is 0 Å². The van der Waals surface area contributed by atoms with E-state index in [1.54, 1.807) is 7.11 Å². The highest BCUT2D eigenvalue weighted by Crippen LogP contribution is 2.34. The van der Waals surface area contributed by atoms with Gasteiger partial charge in [0.25, 0.3) is 0 Å². The molecule has 3 heteroatoms. The Morgan fingerprint density at radius 1 is 1.20 bits per heavy atom. The molecule has 0 aliphatic rings. The zero-order chi connectivity index (χ0) is 15.0. The van der Waals surface area contributed by atoms with Crippen molar-refractivity contribution in [3.05, 3.63) is 35.9 Å². The van der Waals surface area contributed by atoms with Crippen molar-refractivity contribution in [2.24, 2.45) is 5.41 Å². The molecule has 1 unspecified atom stereocenters. The van der Waals surface area contributed by atoms with Gasteiger partial charge in [-0.15, -0.1) is 0 Å². The van der Waals surface area contributed by atoms with E-state index in [0.717, 1.165) is 12.8 Å². The number of benzene rings is 1. The van der Waals surface area contributed by atoms with Gasteiger partial charge in [-0.25, -0.2) is 0 Å². The third kappa shape index (κ3) is 4.97. The van der Waals surface area contributed by atoms with Crippen LogP contribution in [0.2, 0.25) is 0 Å².